The average molecular weight is 249 g/mol. The van der Waals surface area contributed by atoms with Gasteiger partial charge in [-0.3, -0.25) is 0 Å². The van der Waals surface area contributed by atoms with Gasteiger partial charge < -0.3 is 15.4 Å². The average Bonchev–Trinajstić information content (AvgIpc) is 2.84. The molecule has 4 nitrogen and oxygen atoms in total. The zero-order chi connectivity index (χ0) is 13.2. The Kier molecular flexibility index (Phi) is 3.64. The maximum Gasteiger partial charge on any atom is 0.238 e. The van der Waals surface area contributed by atoms with Crippen LogP contribution >= 0.6 is 0 Å². The first-order chi connectivity index (χ1) is 8.64. The number of pyridine rings is 1. The summed E-state index contributed by atoms with van der Waals surface area (Å²) in [4.78, 5) is 6.83. The summed E-state index contributed by atoms with van der Waals surface area (Å²) in [7, 11) is 1.61. The van der Waals surface area contributed by atoms with Crippen LogP contribution in [0.25, 0.3) is 0 Å². The highest BCUT2D eigenvalue weighted by atomic mass is 16.5. The van der Waals surface area contributed by atoms with Gasteiger partial charge in [0.05, 0.1) is 12.8 Å². The van der Waals surface area contributed by atoms with Crippen LogP contribution in [0.15, 0.2) is 12.1 Å². The van der Waals surface area contributed by atoms with Gasteiger partial charge in [-0.05, 0) is 36.8 Å². The van der Waals surface area contributed by atoms with Crippen molar-refractivity contribution in [2.75, 3.05) is 30.8 Å². The monoisotopic (exact) mass is 249 g/mol. The minimum absolute atomic E-state index is 0.455. The lowest BCUT2D eigenvalue weighted by molar-refractivity contribution is 0.301. The number of nitrogens with zero attached hydrogens (tertiary/aromatic N) is 2. The fraction of sp³-hybridized carbons (Fsp3) is 0.643. The lowest BCUT2D eigenvalue weighted by atomic mass is 9.82. The first-order valence-electron chi connectivity index (χ1n) is 6.69. The van der Waals surface area contributed by atoms with Crippen molar-refractivity contribution in [2.24, 2.45) is 5.41 Å². The van der Waals surface area contributed by atoms with Gasteiger partial charge in [0.2, 0.25) is 5.88 Å². The third-order valence-corrected chi connectivity index (χ3v) is 4.33. The molecule has 0 radical (unpaired) electrons. The molecule has 2 N–H and O–H groups in total. The molecular weight excluding hydrogens is 226 g/mol. The van der Waals surface area contributed by atoms with Crippen molar-refractivity contribution in [1.29, 1.82) is 0 Å². The van der Waals surface area contributed by atoms with Gasteiger partial charge in [-0.1, -0.05) is 13.8 Å². The van der Waals surface area contributed by atoms with E-state index >= 15 is 0 Å². The van der Waals surface area contributed by atoms with Gasteiger partial charge in [0, 0.05) is 13.1 Å². The van der Waals surface area contributed by atoms with Gasteiger partial charge in [-0.2, -0.15) is 4.98 Å². The van der Waals surface area contributed by atoms with Crippen molar-refractivity contribution >= 4 is 11.5 Å². The molecule has 1 fully saturated rings. The van der Waals surface area contributed by atoms with E-state index in [-0.39, 0.29) is 0 Å². The SMILES string of the molecule is CCC1(CC)CCN(c2ccc(N)c(OC)n2)C1. The third kappa shape index (κ3) is 2.24. The summed E-state index contributed by atoms with van der Waals surface area (Å²) >= 11 is 0. The summed E-state index contributed by atoms with van der Waals surface area (Å²) in [5.74, 6) is 1.50. The van der Waals surface area contributed by atoms with Crippen molar-refractivity contribution in [3.8, 4) is 5.88 Å². The van der Waals surface area contributed by atoms with E-state index in [4.69, 9.17) is 10.5 Å². The Balaban J connectivity index is 2.19. The Labute approximate surface area is 109 Å². The second-order valence-electron chi connectivity index (χ2n) is 5.15. The number of nitrogen functional groups attached to an aromatic ring is 1. The topological polar surface area (TPSA) is 51.4 Å². The fourth-order valence-corrected chi connectivity index (χ4v) is 2.74. The predicted molar refractivity (Wildman–Crippen MR) is 75.0 cm³/mol. The maximum absolute atomic E-state index is 5.80. The maximum atomic E-state index is 5.80. The molecule has 0 unspecified atom stereocenters. The van der Waals surface area contributed by atoms with E-state index in [0.29, 0.717) is 17.0 Å². The van der Waals surface area contributed by atoms with Crippen LogP contribution in [-0.4, -0.2) is 25.2 Å². The quantitative estimate of drug-likeness (QED) is 0.891. The number of rotatable bonds is 4. The molecule has 0 amide bonds. The summed E-state index contributed by atoms with van der Waals surface area (Å²) in [5.41, 5.74) is 6.85. The summed E-state index contributed by atoms with van der Waals surface area (Å²) in [6.45, 7) is 6.72. The lowest BCUT2D eigenvalue weighted by Gasteiger charge is -2.26. The van der Waals surface area contributed by atoms with Crippen LogP contribution in [0.2, 0.25) is 0 Å². The van der Waals surface area contributed by atoms with Crippen LogP contribution in [0.5, 0.6) is 5.88 Å². The van der Waals surface area contributed by atoms with E-state index in [1.54, 1.807) is 7.11 Å². The van der Waals surface area contributed by atoms with Gasteiger partial charge in [-0.25, -0.2) is 0 Å². The van der Waals surface area contributed by atoms with Gasteiger partial charge >= 0.3 is 0 Å². The zero-order valence-corrected chi connectivity index (χ0v) is 11.6. The second-order valence-corrected chi connectivity index (χ2v) is 5.15. The molecule has 18 heavy (non-hydrogen) atoms. The molecule has 2 rings (SSSR count). The molecule has 1 aliphatic heterocycles. The molecule has 1 aromatic heterocycles. The van der Waals surface area contributed by atoms with Gasteiger partial charge in [0.25, 0.3) is 0 Å². The van der Waals surface area contributed by atoms with E-state index in [2.05, 4.69) is 23.7 Å². The molecule has 1 aromatic rings. The Morgan fingerprint density at radius 1 is 1.39 bits per heavy atom. The number of hydrogen-bond acceptors (Lipinski definition) is 4. The largest absolute Gasteiger partial charge is 0.479 e. The number of methoxy groups -OCH3 is 1. The Morgan fingerprint density at radius 2 is 2.11 bits per heavy atom. The lowest BCUT2D eigenvalue weighted by Crippen LogP contribution is -2.26. The van der Waals surface area contributed by atoms with Crippen molar-refractivity contribution in [3.63, 3.8) is 0 Å². The molecular formula is C14H23N3O. The normalized spacial score (nSPS) is 18.1. The van der Waals surface area contributed by atoms with Crippen LogP contribution in [0.1, 0.15) is 33.1 Å². The molecule has 1 saturated heterocycles. The van der Waals surface area contributed by atoms with Crippen LogP contribution in [-0.2, 0) is 0 Å². The van der Waals surface area contributed by atoms with Crippen LogP contribution < -0.4 is 15.4 Å². The van der Waals surface area contributed by atoms with E-state index in [0.717, 1.165) is 18.9 Å². The number of anilines is 2. The van der Waals surface area contributed by atoms with Crippen LogP contribution in [0.3, 0.4) is 0 Å². The standard InChI is InChI=1S/C14H23N3O/c1-4-14(5-2)8-9-17(10-14)12-7-6-11(15)13(16-12)18-3/h6-7H,4-5,8-10,15H2,1-3H3. The highest BCUT2D eigenvalue weighted by Crippen LogP contribution is 2.39. The fourth-order valence-electron chi connectivity index (χ4n) is 2.74. The molecule has 2 heterocycles. The highest BCUT2D eigenvalue weighted by molar-refractivity contribution is 5.55. The molecule has 0 spiro atoms. The van der Waals surface area contributed by atoms with Gasteiger partial charge in [0.15, 0.2) is 0 Å². The second kappa shape index (κ2) is 5.04. The van der Waals surface area contributed by atoms with Crippen molar-refractivity contribution in [1.82, 2.24) is 4.98 Å². The summed E-state index contributed by atoms with van der Waals surface area (Å²) < 4.78 is 5.19. The van der Waals surface area contributed by atoms with Gasteiger partial charge in [0.1, 0.15) is 5.82 Å². The molecule has 4 heteroatoms. The minimum Gasteiger partial charge on any atom is -0.479 e. The Hall–Kier alpha value is -1.45. The predicted octanol–water partition coefficient (Wildman–Crippen LogP) is 2.69. The highest BCUT2D eigenvalue weighted by Gasteiger charge is 2.35. The zero-order valence-electron chi connectivity index (χ0n) is 11.6. The molecule has 0 atom stereocenters. The summed E-state index contributed by atoms with van der Waals surface area (Å²) in [6, 6.07) is 3.86. The smallest absolute Gasteiger partial charge is 0.238 e. The van der Waals surface area contributed by atoms with Crippen molar-refractivity contribution < 1.29 is 4.74 Å². The van der Waals surface area contributed by atoms with E-state index < -0.39 is 0 Å². The summed E-state index contributed by atoms with van der Waals surface area (Å²) in [5, 5.41) is 0. The molecule has 100 valence electrons. The third-order valence-electron chi connectivity index (χ3n) is 4.33. The number of hydrogen-bond donors (Lipinski definition) is 1. The van der Waals surface area contributed by atoms with E-state index in [1.165, 1.54) is 19.3 Å². The van der Waals surface area contributed by atoms with Crippen molar-refractivity contribution in [2.45, 2.75) is 33.1 Å². The van der Waals surface area contributed by atoms with Gasteiger partial charge in [-0.15, -0.1) is 0 Å². The minimum atomic E-state index is 0.455. The first-order valence-corrected chi connectivity index (χ1v) is 6.69. The number of ether oxygens (including phenoxy) is 1. The molecule has 0 aliphatic carbocycles. The Morgan fingerprint density at radius 3 is 2.67 bits per heavy atom. The Bertz CT molecular complexity index is 416. The molecule has 1 aliphatic rings. The molecule has 0 bridgehead atoms. The summed E-state index contributed by atoms with van der Waals surface area (Å²) in [6.07, 6.45) is 3.70. The van der Waals surface area contributed by atoms with E-state index in [9.17, 15) is 0 Å². The number of nitrogens with two attached hydrogens (primary N) is 1. The number of aromatic nitrogens is 1. The van der Waals surface area contributed by atoms with Crippen molar-refractivity contribution in [3.05, 3.63) is 12.1 Å². The van der Waals surface area contributed by atoms with E-state index in [1.807, 2.05) is 12.1 Å². The molecule has 0 aromatic carbocycles. The van der Waals surface area contributed by atoms with Crippen LogP contribution in [0, 0.1) is 5.41 Å². The molecule has 0 saturated carbocycles. The van der Waals surface area contributed by atoms with Crippen LogP contribution in [0.4, 0.5) is 11.5 Å². The first kappa shape index (κ1) is 13.0.